The second-order valence-electron chi connectivity index (χ2n) is 5.81. The van der Waals surface area contributed by atoms with E-state index in [2.05, 4.69) is 10.6 Å². The summed E-state index contributed by atoms with van der Waals surface area (Å²) < 4.78 is 5.47. The minimum atomic E-state index is -0.137. The maximum Gasteiger partial charge on any atom is 0.257 e. The highest BCUT2D eigenvalue weighted by Crippen LogP contribution is 2.22. The summed E-state index contributed by atoms with van der Waals surface area (Å²) in [5.74, 6) is 0.942. The fourth-order valence-corrected chi connectivity index (χ4v) is 2.72. The van der Waals surface area contributed by atoms with E-state index in [0.29, 0.717) is 17.4 Å². The predicted octanol–water partition coefficient (Wildman–Crippen LogP) is 2.72. The molecule has 0 radical (unpaired) electrons. The molecule has 0 unspecified atom stereocenters. The van der Waals surface area contributed by atoms with Crippen LogP contribution in [0.2, 0.25) is 0 Å². The Bertz CT molecular complexity index is 510. The lowest BCUT2D eigenvalue weighted by molar-refractivity contribution is -0.123. The monoisotopic (exact) mass is 304 g/mol. The Morgan fingerprint density at radius 3 is 2.73 bits per heavy atom. The Kier molecular flexibility index (Phi) is 6.25. The van der Waals surface area contributed by atoms with Gasteiger partial charge >= 0.3 is 0 Å². The topological polar surface area (TPSA) is 67.4 Å². The average Bonchev–Trinajstić information content (AvgIpc) is 2.52. The van der Waals surface area contributed by atoms with Gasteiger partial charge in [-0.1, -0.05) is 25.3 Å². The van der Waals surface area contributed by atoms with Gasteiger partial charge in [-0.15, -0.1) is 0 Å². The Hall–Kier alpha value is -2.04. The van der Waals surface area contributed by atoms with Crippen molar-refractivity contribution in [2.75, 3.05) is 18.5 Å². The molecule has 1 fully saturated rings. The number of nitrogens with one attached hydrogen (secondary N) is 2. The van der Waals surface area contributed by atoms with Crippen LogP contribution in [0.25, 0.3) is 0 Å². The van der Waals surface area contributed by atoms with E-state index in [1.54, 1.807) is 24.3 Å². The molecule has 2 N–H and O–H groups in total. The van der Waals surface area contributed by atoms with Crippen LogP contribution in [-0.4, -0.2) is 25.0 Å². The molecule has 0 spiro atoms. The quantitative estimate of drug-likeness (QED) is 0.849. The van der Waals surface area contributed by atoms with E-state index in [9.17, 15) is 9.59 Å². The van der Waals surface area contributed by atoms with Gasteiger partial charge in [-0.05, 0) is 30.9 Å². The fraction of sp³-hybridized carbons (Fsp3) is 0.529. The van der Waals surface area contributed by atoms with Crippen molar-refractivity contribution in [1.29, 1.82) is 0 Å². The highest BCUT2D eigenvalue weighted by Gasteiger charge is 2.14. The van der Waals surface area contributed by atoms with E-state index in [1.807, 2.05) is 0 Å². The van der Waals surface area contributed by atoms with Crippen LogP contribution in [-0.2, 0) is 9.59 Å². The van der Waals surface area contributed by atoms with Crippen LogP contribution in [0.5, 0.6) is 5.75 Å². The molecule has 5 nitrogen and oxygen atoms in total. The molecule has 2 rings (SSSR count). The third-order valence-electron chi connectivity index (χ3n) is 3.84. The molecule has 0 saturated heterocycles. The molecule has 0 aliphatic heterocycles. The van der Waals surface area contributed by atoms with Crippen LogP contribution in [0, 0.1) is 5.92 Å². The Morgan fingerprint density at radius 2 is 2.00 bits per heavy atom. The van der Waals surface area contributed by atoms with Crippen LogP contribution in [0.3, 0.4) is 0 Å². The lowest BCUT2D eigenvalue weighted by Gasteiger charge is -2.21. The summed E-state index contributed by atoms with van der Waals surface area (Å²) >= 11 is 0. The average molecular weight is 304 g/mol. The number of carbonyl (C=O) groups is 2. The van der Waals surface area contributed by atoms with Crippen molar-refractivity contribution >= 4 is 17.5 Å². The molecule has 120 valence electrons. The Morgan fingerprint density at radius 1 is 1.23 bits per heavy atom. The minimum absolute atomic E-state index is 0.00373. The SMILES string of the molecule is CC(=O)Nc1cccc(OCC(=O)NCC2CCCCC2)c1. The first-order chi connectivity index (χ1) is 10.6. The summed E-state index contributed by atoms with van der Waals surface area (Å²) in [5, 5.41) is 5.62. The number of benzene rings is 1. The molecule has 0 heterocycles. The maximum absolute atomic E-state index is 11.8. The first-order valence-electron chi connectivity index (χ1n) is 7.90. The maximum atomic E-state index is 11.8. The summed E-state index contributed by atoms with van der Waals surface area (Å²) in [4.78, 5) is 22.8. The first kappa shape index (κ1) is 16.3. The number of carbonyl (C=O) groups excluding carboxylic acids is 2. The third-order valence-corrected chi connectivity index (χ3v) is 3.84. The molecule has 0 bridgehead atoms. The lowest BCUT2D eigenvalue weighted by atomic mass is 9.89. The van der Waals surface area contributed by atoms with Crippen molar-refractivity contribution < 1.29 is 14.3 Å². The summed E-state index contributed by atoms with van der Waals surface area (Å²) in [6, 6.07) is 7.02. The Balaban J connectivity index is 1.72. The van der Waals surface area contributed by atoms with Gasteiger partial charge in [0, 0.05) is 25.2 Å². The second kappa shape index (κ2) is 8.41. The van der Waals surface area contributed by atoms with Crippen molar-refractivity contribution in [2.45, 2.75) is 39.0 Å². The number of hydrogen-bond acceptors (Lipinski definition) is 3. The number of rotatable bonds is 6. The van der Waals surface area contributed by atoms with E-state index < -0.39 is 0 Å². The molecule has 1 saturated carbocycles. The molecule has 1 aliphatic carbocycles. The van der Waals surface area contributed by atoms with E-state index in [0.717, 1.165) is 6.54 Å². The van der Waals surface area contributed by atoms with Crippen molar-refractivity contribution in [3.8, 4) is 5.75 Å². The Labute approximate surface area is 131 Å². The molecule has 22 heavy (non-hydrogen) atoms. The van der Waals surface area contributed by atoms with Crippen molar-refractivity contribution in [2.24, 2.45) is 5.92 Å². The van der Waals surface area contributed by atoms with Gasteiger partial charge in [0.25, 0.3) is 5.91 Å². The van der Waals surface area contributed by atoms with E-state index in [-0.39, 0.29) is 18.4 Å². The summed E-state index contributed by atoms with van der Waals surface area (Å²) in [6.45, 7) is 2.19. The number of hydrogen-bond donors (Lipinski definition) is 2. The highest BCUT2D eigenvalue weighted by molar-refractivity contribution is 5.88. The lowest BCUT2D eigenvalue weighted by Crippen LogP contribution is -2.33. The van der Waals surface area contributed by atoms with Gasteiger partial charge in [-0.3, -0.25) is 9.59 Å². The molecular formula is C17H24N2O3. The third kappa shape index (κ3) is 5.76. The van der Waals surface area contributed by atoms with Gasteiger partial charge in [0.05, 0.1) is 0 Å². The minimum Gasteiger partial charge on any atom is -0.484 e. The van der Waals surface area contributed by atoms with Crippen LogP contribution in [0.1, 0.15) is 39.0 Å². The van der Waals surface area contributed by atoms with Gasteiger partial charge in [0.1, 0.15) is 5.75 Å². The van der Waals surface area contributed by atoms with Gasteiger partial charge in [-0.25, -0.2) is 0 Å². The van der Waals surface area contributed by atoms with Gasteiger partial charge in [0.15, 0.2) is 6.61 Å². The van der Waals surface area contributed by atoms with Crippen molar-refractivity contribution in [1.82, 2.24) is 5.32 Å². The van der Waals surface area contributed by atoms with Gasteiger partial charge in [0.2, 0.25) is 5.91 Å². The molecule has 1 aromatic carbocycles. The van der Waals surface area contributed by atoms with Gasteiger partial charge < -0.3 is 15.4 Å². The zero-order chi connectivity index (χ0) is 15.8. The molecule has 5 heteroatoms. The van der Waals surface area contributed by atoms with Crippen molar-refractivity contribution in [3.63, 3.8) is 0 Å². The molecule has 2 amide bonds. The van der Waals surface area contributed by atoms with E-state index in [4.69, 9.17) is 4.74 Å². The van der Waals surface area contributed by atoms with Crippen LogP contribution < -0.4 is 15.4 Å². The van der Waals surface area contributed by atoms with Gasteiger partial charge in [-0.2, -0.15) is 0 Å². The zero-order valence-electron chi connectivity index (χ0n) is 13.1. The first-order valence-corrected chi connectivity index (χ1v) is 7.90. The van der Waals surface area contributed by atoms with Crippen LogP contribution in [0.4, 0.5) is 5.69 Å². The van der Waals surface area contributed by atoms with Crippen LogP contribution >= 0.6 is 0 Å². The number of ether oxygens (including phenoxy) is 1. The molecule has 1 aromatic rings. The molecule has 1 aliphatic rings. The molecule has 0 aromatic heterocycles. The molecule has 0 atom stereocenters. The summed E-state index contributed by atoms with van der Waals surface area (Å²) in [7, 11) is 0. The highest BCUT2D eigenvalue weighted by atomic mass is 16.5. The molecular weight excluding hydrogens is 280 g/mol. The zero-order valence-corrected chi connectivity index (χ0v) is 13.1. The smallest absolute Gasteiger partial charge is 0.257 e. The standard InChI is InChI=1S/C17H24N2O3/c1-13(20)19-15-8-5-9-16(10-15)22-12-17(21)18-11-14-6-3-2-4-7-14/h5,8-10,14H,2-4,6-7,11-12H2,1H3,(H,18,21)(H,19,20). The van der Waals surface area contributed by atoms with Crippen molar-refractivity contribution in [3.05, 3.63) is 24.3 Å². The van der Waals surface area contributed by atoms with E-state index in [1.165, 1.54) is 39.0 Å². The van der Waals surface area contributed by atoms with Crippen LogP contribution in [0.15, 0.2) is 24.3 Å². The number of anilines is 1. The largest absolute Gasteiger partial charge is 0.484 e. The summed E-state index contributed by atoms with van der Waals surface area (Å²) in [6.07, 6.45) is 6.28. The predicted molar refractivity (Wildman–Crippen MR) is 85.8 cm³/mol. The van der Waals surface area contributed by atoms with E-state index >= 15 is 0 Å². The second-order valence-corrected chi connectivity index (χ2v) is 5.81. The number of amides is 2. The normalized spacial score (nSPS) is 15.1. The summed E-state index contributed by atoms with van der Waals surface area (Å²) in [5.41, 5.74) is 0.660. The fourth-order valence-electron chi connectivity index (χ4n) is 2.72.